The molecule has 5 nitrogen and oxygen atoms in total. The zero-order valence-corrected chi connectivity index (χ0v) is 34.1. The molecule has 12 aromatic rings. The van der Waals surface area contributed by atoms with Crippen molar-refractivity contribution in [3.05, 3.63) is 247 Å². The van der Waals surface area contributed by atoms with Crippen molar-refractivity contribution < 1.29 is 0 Å². The lowest BCUT2D eigenvalue weighted by Crippen LogP contribution is -2.28. The van der Waals surface area contributed by atoms with Gasteiger partial charge in [0.2, 0.25) is 5.95 Å². The van der Waals surface area contributed by atoms with Crippen molar-refractivity contribution >= 4 is 43.6 Å². The summed E-state index contributed by atoms with van der Waals surface area (Å²) in [6.07, 6.45) is 0. The molecule has 0 atom stereocenters. The molecule has 0 radical (unpaired) electrons. The Morgan fingerprint density at radius 1 is 0.317 bits per heavy atom. The van der Waals surface area contributed by atoms with Crippen molar-refractivity contribution in [3.8, 4) is 45.5 Å². The summed E-state index contributed by atoms with van der Waals surface area (Å²) < 4.78 is 4.58. The van der Waals surface area contributed by atoms with E-state index < -0.39 is 5.41 Å². The largest absolute Gasteiger partial charge is 0.309 e. The second-order valence-corrected chi connectivity index (χ2v) is 16.4. The quantitative estimate of drug-likeness (QED) is 0.168. The lowest BCUT2D eigenvalue weighted by atomic mass is 9.67. The van der Waals surface area contributed by atoms with E-state index in [1.165, 1.54) is 38.8 Å². The van der Waals surface area contributed by atoms with Crippen molar-refractivity contribution in [2.24, 2.45) is 0 Å². The Morgan fingerprint density at radius 2 is 0.841 bits per heavy atom. The highest BCUT2D eigenvalue weighted by Crippen LogP contribution is 2.57. The van der Waals surface area contributed by atoms with Crippen LogP contribution in [0.15, 0.2) is 224 Å². The molecular weight excluding hydrogens is 767 g/mol. The van der Waals surface area contributed by atoms with Gasteiger partial charge in [-0.15, -0.1) is 0 Å². The number of aromatic nitrogens is 5. The molecule has 1 aliphatic rings. The molecule has 1 aliphatic carbocycles. The van der Waals surface area contributed by atoms with E-state index in [2.05, 4.69) is 215 Å². The fourth-order valence-corrected chi connectivity index (χ4v) is 10.4. The second-order valence-electron chi connectivity index (χ2n) is 16.4. The lowest BCUT2D eigenvalue weighted by Gasteiger charge is -2.33. The van der Waals surface area contributed by atoms with Gasteiger partial charge in [0.15, 0.2) is 11.6 Å². The van der Waals surface area contributed by atoms with Gasteiger partial charge in [0.1, 0.15) is 0 Å². The molecule has 0 unspecified atom stereocenters. The number of fused-ring (bicyclic) bond motifs is 9. The predicted octanol–water partition coefficient (Wildman–Crippen LogP) is 13.8. The summed E-state index contributed by atoms with van der Waals surface area (Å²) >= 11 is 0. The molecule has 0 N–H and O–H groups in total. The molecule has 0 bridgehead atoms. The molecule has 13 rings (SSSR count). The van der Waals surface area contributed by atoms with Gasteiger partial charge in [0.25, 0.3) is 0 Å². The molecule has 3 heterocycles. The normalized spacial score (nSPS) is 12.9. The Labute approximate surface area is 363 Å². The maximum Gasteiger partial charge on any atom is 0.238 e. The van der Waals surface area contributed by atoms with Crippen LogP contribution >= 0.6 is 0 Å². The predicted molar refractivity (Wildman–Crippen MR) is 257 cm³/mol. The van der Waals surface area contributed by atoms with E-state index in [-0.39, 0.29) is 0 Å². The van der Waals surface area contributed by atoms with Crippen molar-refractivity contribution in [1.82, 2.24) is 24.1 Å². The van der Waals surface area contributed by atoms with E-state index in [0.717, 1.165) is 55.0 Å². The molecule has 0 saturated carbocycles. The first-order valence-corrected chi connectivity index (χ1v) is 21.5. The van der Waals surface area contributed by atoms with Gasteiger partial charge < -0.3 is 4.57 Å². The van der Waals surface area contributed by atoms with Crippen LogP contribution in [-0.4, -0.2) is 24.1 Å². The molecule has 9 aromatic carbocycles. The van der Waals surface area contributed by atoms with Gasteiger partial charge in [-0.3, -0.25) is 4.57 Å². The third-order valence-electron chi connectivity index (χ3n) is 13.1. The number of para-hydroxylation sites is 3. The number of nitrogens with zero attached hydrogens (tertiary/aromatic N) is 5. The third kappa shape index (κ3) is 5.20. The number of hydrogen-bond donors (Lipinski definition) is 0. The highest BCUT2D eigenvalue weighted by Gasteiger charge is 2.46. The highest BCUT2D eigenvalue weighted by atomic mass is 15.2. The molecule has 0 saturated heterocycles. The molecule has 0 amide bonds. The Morgan fingerprint density at radius 3 is 1.52 bits per heavy atom. The minimum Gasteiger partial charge on any atom is -0.309 e. The molecule has 5 heteroatoms. The summed E-state index contributed by atoms with van der Waals surface area (Å²) in [5.74, 6) is 1.80. The van der Waals surface area contributed by atoms with Crippen LogP contribution in [0.3, 0.4) is 0 Å². The van der Waals surface area contributed by atoms with E-state index in [1.807, 2.05) is 18.2 Å². The first kappa shape index (κ1) is 35.4. The number of rotatable bonds is 6. The summed E-state index contributed by atoms with van der Waals surface area (Å²) in [5, 5.41) is 4.60. The maximum atomic E-state index is 5.42. The summed E-state index contributed by atoms with van der Waals surface area (Å²) in [6, 6.07) is 80.4. The van der Waals surface area contributed by atoms with Crippen molar-refractivity contribution in [1.29, 1.82) is 0 Å². The topological polar surface area (TPSA) is 48.5 Å². The number of hydrogen-bond acceptors (Lipinski definition) is 3. The molecule has 3 aromatic heterocycles. The fraction of sp³-hybridized carbons (Fsp3) is 0.0172. The second kappa shape index (κ2) is 13.8. The van der Waals surface area contributed by atoms with Crippen LogP contribution in [-0.2, 0) is 5.41 Å². The molecule has 0 fully saturated rings. The average molecular weight is 804 g/mol. The highest BCUT2D eigenvalue weighted by molar-refractivity contribution is 6.12. The smallest absolute Gasteiger partial charge is 0.238 e. The summed E-state index contributed by atoms with van der Waals surface area (Å²) in [6.45, 7) is 0. The van der Waals surface area contributed by atoms with Gasteiger partial charge in [0, 0.05) is 38.4 Å². The maximum absolute atomic E-state index is 5.42. The van der Waals surface area contributed by atoms with Crippen LogP contribution in [0.25, 0.3) is 89.2 Å². The van der Waals surface area contributed by atoms with Crippen molar-refractivity contribution in [2.75, 3.05) is 0 Å². The zero-order valence-electron chi connectivity index (χ0n) is 34.1. The van der Waals surface area contributed by atoms with E-state index >= 15 is 0 Å². The van der Waals surface area contributed by atoms with E-state index in [1.54, 1.807) is 0 Å². The van der Waals surface area contributed by atoms with Gasteiger partial charge in [-0.05, 0) is 88.0 Å². The van der Waals surface area contributed by atoms with Crippen LogP contribution in [0, 0.1) is 0 Å². The van der Waals surface area contributed by atoms with Gasteiger partial charge in [-0.25, -0.2) is 4.98 Å². The van der Waals surface area contributed by atoms with Crippen LogP contribution in [0.2, 0.25) is 0 Å². The number of benzene rings is 9. The van der Waals surface area contributed by atoms with Crippen LogP contribution in [0.1, 0.15) is 22.3 Å². The zero-order chi connectivity index (χ0) is 41.5. The van der Waals surface area contributed by atoms with Gasteiger partial charge in [-0.1, -0.05) is 170 Å². The Hall–Kier alpha value is -8.41. The molecule has 0 aliphatic heterocycles. The summed E-state index contributed by atoms with van der Waals surface area (Å²) in [4.78, 5) is 16.0. The van der Waals surface area contributed by atoms with Crippen LogP contribution < -0.4 is 0 Å². The summed E-state index contributed by atoms with van der Waals surface area (Å²) in [5.41, 5.74) is 14.3. The third-order valence-corrected chi connectivity index (χ3v) is 13.1. The average Bonchev–Trinajstić information content (AvgIpc) is 3.98. The molecule has 294 valence electrons. The van der Waals surface area contributed by atoms with Crippen LogP contribution in [0.4, 0.5) is 0 Å². The van der Waals surface area contributed by atoms with Crippen LogP contribution in [0.5, 0.6) is 0 Å². The Bertz CT molecular complexity index is 3680. The molecule has 0 spiro atoms. The minimum absolute atomic E-state index is 0.519. The molecule has 63 heavy (non-hydrogen) atoms. The van der Waals surface area contributed by atoms with Gasteiger partial charge >= 0.3 is 0 Å². The summed E-state index contributed by atoms with van der Waals surface area (Å²) in [7, 11) is 0. The fourth-order valence-electron chi connectivity index (χ4n) is 10.4. The standard InChI is InChI=1S/C58H37N5/c1-5-19-38(20-6-1)55-59-56(39-33-34-53-47(35-39)44-28-14-17-31-51(44)62(53)42-25-11-4-12-26-42)61-57(60-55)63-52-32-18-15-29-45(52)48-36-50-46(37-54(48)63)43-27-13-16-30-49(43)58(50,40-21-7-2-8-22-40)41-23-9-3-10-24-41/h1-37H. The van der Waals surface area contributed by atoms with E-state index in [4.69, 9.17) is 15.0 Å². The SMILES string of the molecule is c1ccc(-c2nc(-c3ccc4c(c3)c3ccccc3n4-c3ccccc3)nc(-n3c4ccccc4c4cc5c(cc43)-c3ccccc3C5(c3ccccc3)c3ccccc3)n2)cc1. The first-order chi connectivity index (χ1) is 31.3. The van der Waals surface area contributed by atoms with Crippen molar-refractivity contribution in [2.45, 2.75) is 5.41 Å². The minimum atomic E-state index is -0.519. The van der Waals surface area contributed by atoms with Gasteiger partial charge in [0.05, 0.1) is 27.5 Å². The monoisotopic (exact) mass is 803 g/mol. The van der Waals surface area contributed by atoms with E-state index in [9.17, 15) is 0 Å². The Balaban J connectivity index is 1.09. The first-order valence-electron chi connectivity index (χ1n) is 21.5. The van der Waals surface area contributed by atoms with E-state index in [0.29, 0.717) is 17.6 Å². The lowest BCUT2D eigenvalue weighted by molar-refractivity contribution is 0.769. The Kier molecular flexibility index (Phi) is 7.75. The molecular formula is C58H37N5. The van der Waals surface area contributed by atoms with Crippen molar-refractivity contribution in [3.63, 3.8) is 0 Å². The van der Waals surface area contributed by atoms with Gasteiger partial charge in [-0.2, -0.15) is 9.97 Å².